The van der Waals surface area contributed by atoms with Crippen LogP contribution in [-0.4, -0.2) is 35.0 Å². The molecule has 2 aromatic carbocycles. The molecule has 8 heteroatoms. The fraction of sp³-hybridized carbons (Fsp3) is 0.273. The Balaban J connectivity index is 1.82. The molecule has 154 valence electrons. The molecule has 1 aliphatic rings. The van der Waals surface area contributed by atoms with Gasteiger partial charge in [0.05, 0.1) is 11.1 Å². The van der Waals surface area contributed by atoms with Gasteiger partial charge in [-0.1, -0.05) is 23.4 Å². The second kappa shape index (κ2) is 7.38. The molecule has 1 atom stereocenters. The van der Waals surface area contributed by atoms with Crippen LogP contribution in [0.25, 0.3) is 22.3 Å². The third kappa shape index (κ3) is 3.64. The number of hydrogen-bond acceptors (Lipinski definition) is 5. The smallest absolute Gasteiger partial charge is 0.165 e. The highest BCUT2D eigenvalue weighted by Gasteiger charge is 2.30. The Morgan fingerprint density at radius 3 is 2.67 bits per heavy atom. The highest BCUT2D eigenvalue weighted by molar-refractivity contribution is 6.31. The Morgan fingerprint density at radius 2 is 1.97 bits per heavy atom. The quantitative estimate of drug-likeness (QED) is 0.347. The van der Waals surface area contributed by atoms with Crippen LogP contribution < -0.4 is 11.5 Å². The minimum Gasteiger partial charge on any atom is -0.398 e. The Kier molecular flexibility index (Phi) is 5.00. The van der Waals surface area contributed by atoms with Gasteiger partial charge in [0.15, 0.2) is 11.6 Å². The fourth-order valence-corrected chi connectivity index (χ4v) is 3.82. The van der Waals surface area contributed by atoms with Gasteiger partial charge in [0.2, 0.25) is 0 Å². The van der Waals surface area contributed by atoms with Crippen molar-refractivity contribution in [3.05, 3.63) is 46.5 Å². The zero-order chi connectivity index (χ0) is 21.6. The first-order chi connectivity index (χ1) is 14.2. The zero-order valence-electron chi connectivity index (χ0n) is 16.6. The van der Waals surface area contributed by atoms with E-state index in [9.17, 15) is 8.78 Å². The molecule has 1 fully saturated rings. The number of nitrogen functional groups attached to an aromatic ring is 2. The number of rotatable bonds is 1. The molecule has 2 heterocycles. The molecular weight excluding hydrogens is 408 g/mol. The lowest BCUT2D eigenvalue weighted by Crippen LogP contribution is -2.20. The summed E-state index contributed by atoms with van der Waals surface area (Å²) in [5, 5.41) is -0.0874. The number of likely N-dealkylation sites (tertiary alicyclic amines) is 1. The standard InChI is InChI=1S/C22H20ClF2N5/c1-22(7-8-30(2)11-22)6-5-12-9-17-14(10-16(12)26)20(27)29-21(28-17)13-3-4-15(24)18(23)19(13)25/h3-4,9-10H,7-8,11,26H2,1-2H3,(H2,27,28,29). The number of anilines is 2. The number of aromatic nitrogens is 2. The molecule has 5 nitrogen and oxygen atoms in total. The fourth-order valence-electron chi connectivity index (χ4n) is 3.66. The molecule has 0 saturated carbocycles. The van der Waals surface area contributed by atoms with Crippen molar-refractivity contribution in [3.8, 4) is 23.2 Å². The third-order valence-corrected chi connectivity index (χ3v) is 5.68. The van der Waals surface area contributed by atoms with Gasteiger partial charge in [-0.15, -0.1) is 0 Å². The number of benzene rings is 2. The Labute approximate surface area is 178 Å². The summed E-state index contributed by atoms with van der Waals surface area (Å²) in [6.45, 7) is 4.01. The maximum absolute atomic E-state index is 14.5. The van der Waals surface area contributed by atoms with Gasteiger partial charge in [-0.25, -0.2) is 18.7 Å². The molecule has 1 saturated heterocycles. The highest BCUT2D eigenvalue weighted by Crippen LogP contribution is 2.32. The number of nitrogens with two attached hydrogens (primary N) is 2. The van der Waals surface area contributed by atoms with E-state index in [1.54, 1.807) is 12.1 Å². The van der Waals surface area contributed by atoms with Crippen LogP contribution in [0.2, 0.25) is 5.02 Å². The first-order valence-corrected chi connectivity index (χ1v) is 9.77. The zero-order valence-corrected chi connectivity index (χ0v) is 17.3. The van der Waals surface area contributed by atoms with Gasteiger partial charge < -0.3 is 16.4 Å². The van der Waals surface area contributed by atoms with E-state index in [0.29, 0.717) is 22.2 Å². The van der Waals surface area contributed by atoms with Crippen molar-refractivity contribution in [1.29, 1.82) is 0 Å². The Hall–Kier alpha value is -2.95. The lowest BCUT2D eigenvalue weighted by molar-refractivity contribution is 0.373. The highest BCUT2D eigenvalue weighted by atomic mass is 35.5. The molecule has 0 bridgehead atoms. The summed E-state index contributed by atoms with van der Waals surface area (Å²) in [5.74, 6) is 4.83. The van der Waals surface area contributed by atoms with Crippen molar-refractivity contribution in [3.63, 3.8) is 0 Å². The summed E-state index contributed by atoms with van der Waals surface area (Å²) in [4.78, 5) is 10.8. The Bertz CT molecular complexity index is 1230. The van der Waals surface area contributed by atoms with E-state index < -0.39 is 16.7 Å². The summed E-state index contributed by atoms with van der Waals surface area (Å²) in [7, 11) is 2.07. The van der Waals surface area contributed by atoms with Crippen LogP contribution in [0.3, 0.4) is 0 Å². The minimum absolute atomic E-state index is 0.00691. The second-order valence-electron chi connectivity index (χ2n) is 7.91. The summed E-state index contributed by atoms with van der Waals surface area (Å²) >= 11 is 5.69. The number of hydrogen-bond donors (Lipinski definition) is 2. The van der Waals surface area contributed by atoms with Crippen molar-refractivity contribution < 1.29 is 8.78 Å². The van der Waals surface area contributed by atoms with Crippen LogP contribution in [0.15, 0.2) is 24.3 Å². The lowest BCUT2D eigenvalue weighted by Gasteiger charge is -2.15. The van der Waals surface area contributed by atoms with Crippen molar-refractivity contribution in [2.45, 2.75) is 13.3 Å². The van der Waals surface area contributed by atoms with Gasteiger partial charge in [-0.05, 0) is 51.2 Å². The molecule has 1 unspecified atom stereocenters. The van der Waals surface area contributed by atoms with Crippen LogP contribution in [0.5, 0.6) is 0 Å². The number of halogens is 3. The summed E-state index contributed by atoms with van der Waals surface area (Å²) < 4.78 is 28.0. The molecule has 0 aliphatic carbocycles. The van der Waals surface area contributed by atoms with Crippen molar-refractivity contribution in [2.75, 3.05) is 31.6 Å². The summed E-state index contributed by atoms with van der Waals surface area (Å²) in [6, 6.07) is 5.66. The molecule has 4 rings (SSSR count). The van der Waals surface area contributed by atoms with Gasteiger partial charge >= 0.3 is 0 Å². The molecule has 0 spiro atoms. The van der Waals surface area contributed by atoms with E-state index in [-0.39, 0.29) is 22.6 Å². The van der Waals surface area contributed by atoms with Crippen LogP contribution >= 0.6 is 11.6 Å². The molecule has 30 heavy (non-hydrogen) atoms. The average molecular weight is 428 g/mol. The van der Waals surface area contributed by atoms with E-state index in [2.05, 4.69) is 40.7 Å². The van der Waals surface area contributed by atoms with Crippen molar-refractivity contribution in [2.24, 2.45) is 5.41 Å². The largest absolute Gasteiger partial charge is 0.398 e. The van der Waals surface area contributed by atoms with Crippen molar-refractivity contribution in [1.82, 2.24) is 14.9 Å². The van der Waals surface area contributed by atoms with Crippen molar-refractivity contribution >= 4 is 34.0 Å². The lowest BCUT2D eigenvalue weighted by atomic mass is 9.90. The number of fused-ring (bicyclic) bond motifs is 1. The predicted octanol–water partition coefficient (Wildman–Crippen LogP) is 4.09. The molecule has 4 N–H and O–H groups in total. The van der Waals surface area contributed by atoms with E-state index >= 15 is 0 Å². The molecule has 3 aromatic rings. The molecular formula is C22H20ClF2N5. The second-order valence-corrected chi connectivity index (χ2v) is 8.29. The van der Waals surface area contributed by atoms with Crippen LogP contribution in [0, 0.1) is 28.9 Å². The van der Waals surface area contributed by atoms with E-state index in [1.165, 1.54) is 6.07 Å². The monoisotopic (exact) mass is 427 g/mol. The topological polar surface area (TPSA) is 81.1 Å². The predicted molar refractivity (Wildman–Crippen MR) is 116 cm³/mol. The minimum atomic E-state index is -0.941. The van der Waals surface area contributed by atoms with Crippen LogP contribution in [0.1, 0.15) is 18.9 Å². The molecule has 1 aromatic heterocycles. The van der Waals surface area contributed by atoms with Gasteiger partial charge in [-0.3, -0.25) is 0 Å². The maximum Gasteiger partial charge on any atom is 0.165 e. The van der Waals surface area contributed by atoms with E-state index in [0.717, 1.165) is 25.6 Å². The van der Waals surface area contributed by atoms with Crippen LogP contribution in [-0.2, 0) is 0 Å². The van der Waals surface area contributed by atoms with E-state index in [1.807, 2.05) is 0 Å². The van der Waals surface area contributed by atoms with Gasteiger partial charge in [0.25, 0.3) is 0 Å². The first kappa shape index (κ1) is 20.3. The summed E-state index contributed by atoms with van der Waals surface area (Å²) in [5.41, 5.74) is 13.6. The third-order valence-electron chi connectivity index (χ3n) is 5.34. The molecule has 1 aliphatic heterocycles. The van der Waals surface area contributed by atoms with Gasteiger partial charge in [0, 0.05) is 28.6 Å². The number of nitrogens with zero attached hydrogens (tertiary/aromatic N) is 3. The van der Waals surface area contributed by atoms with E-state index in [4.69, 9.17) is 23.1 Å². The average Bonchev–Trinajstić information content (AvgIpc) is 3.04. The SMILES string of the molecule is CN1CCC(C)(C#Cc2cc3nc(-c4ccc(F)c(Cl)c4F)nc(N)c3cc2N)C1. The Morgan fingerprint density at radius 1 is 1.20 bits per heavy atom. The van der Waals surface area contributed by atoms with Gasteiger partial charge in [-0.2, -0.15) is 0 Å². The molecule has 0 radical (unpaired) electrons. The summed E-state index contributed by atoms with van der Waals surface area (Å²) in [6.07, 6.45) is 0.980. The molecule has 0 amide bonds. The normalized spacial score (nSPS) is 19.1. The maximum atomic E-state index is 14.5. The first-order valence-electron chi connectivity index (χ1n) is 9.39. The van der Waals surface area contributed by atoms with Crippen LogP contribution in [0.4, 0.5) is 20.3 Å². The van der Waals surface area contributed by atoms with Gasteiger partial charge in [0.1, 0.15) is 16.7 Å².